The lowest BCUT2D eigenvalue weighted by atomic mass is 10.1. The van der Waals surface area contributed by atoms with Crippen LogP contribution in [0.5, 0.6) is 0 Å². The van der Waals surface area contributed by atoms with Gasteiger partial charge in [-0.3, -0.25) is 4.79 Å². The van der Waals surface area contributed by atoms with Gasteiger partial charge in [0.25, 0.3) is 0 Å². The first-order chi connectivity index (χ1) is 13.5. The predicted octanol–water partition coefficient (Wildman–Crippen LogP) is 4.71. The highest BCUT2D eigenvalue weighted by Crippen LogP contribution is 2.24. The number of nitrogens with one attached hydrogen (secondary N) is 1. The average molecular weight is 413 g/mol. The molecule has 0 aliphatic carbocycles. The van der Waals surface area contributed by atoms with Gasteiger partial charge in [-0.1, -0.05) is 48.5 Å². The van der Waals surface area contributed by atoms with E-state index in [9.17, 15) is 4.79 Å². The molecule has 3 rings (SSSR count). The van der Waals surface area contributed by atoms with Crippen molar-refractivity contribution < 1.29 is 4.79 Å². The van der Waals surface area contributed by atoms with E-state index in [1.54, 1.807) is 11.8 Å². The van der Waals surface area contributed by atoms with E-state index in [0.717, 1.165) is 28.8 Å². The van der Waals surface area contributed by atoms with Gasteiger partial charge < -0.3 is 9.88 Å². The fourth-order valence-corrected chi connectivity index (χ4v) is 4.14. The first-order valence-corrected chi connectivity index (χ1v) is 11.1. The van der Waals surface area contributed by atoms with Gasteiger partial charge in [-0.15, -0.1) is 22.0 Å². The number of hydrogen-bond acceptors (Lipinski definition) is 5. The Balaban J connectivity index is 1.50. The molecule has 7 heteroatoms. The average Bonchev–Trinajstić information content (AvgIpc) is 3.06. The minimum atomic E-state index is -0.0483. The Bertz CT molecular complexity index is 921. The molecule has 0 saturated heterocycles. The van der Waals surface area contributed by atoms with Gasteiger partial charge in [-0.2, -0.15) is 0 Å². The monoisotopic (exact) mass is 412 g/mol. The summed E-state index contributed by atoms with van der Waals surface area (Å²) >= 11 is 3.12. The number of carbonyl (C=O) groups excluding carboxylic acids is 1. The molecule has 1 N–H and O–H groups in total. The number of nitrogens with zero attached hydrogens (tertiary/aromatic N) is 3. The predicted molar refractivity (Wildman–Crippen MR) is 117 cm³/mol. The molecule has 146 valence electrons. The van der Waals surface area contributed by atoms with Gasteiger partial charge in [-0.05, 0) is 43.2 Å². The molecule has 0 atom stereocenters. The molecular formula is C21H24N4OS2. The van der Waals surface area contributed by atoms with Crippen molar-refractivity contribution in [3.05, 3.63) is 65.5 Å². The molecule has 28 heavy (non-hydrogen) atoms. The van der Waals surface area contributed by atoms with E-state index >= 15 is 0 Å². The summed E-state index contributed by atoms with van der Waals surface area (Å²) in [4.78, 5) is 13.4. The summed E-state index contributed by atoms with van der Waals surface area (Å²) in [5.41, 5.74) is 3.32. The van der Waals surface area contributed by atoms with Crippen LogP contribution in [0.1, 0.15) is 23.9 Å². The number of hydrogen-bond donors (Lipinski definition) is 1. The molecule has 0 aliphatic heterocycles. The standard InChI is InChI=1S/C21H24N4OS2/c1-4-16-7-9-17(10-8-16)22-20(26)14-28-21-24-23-19(25(21)3)13-27-18-11-5-15(2)6-12-18/h5-12H,4,13-14H2,1-3H3,(H,22,26). The topological polar surface area (TPSA) is 59.8 Å². The number of carbonyl (C=O) groups is 1. The Kier molecular flexibility index (Phi) is 7.17. The Morgan fingerprint density at radius 3 is 2.43 bits per heavy atom. The zero-order chi connectivity index (χ0) is 19.9. The molecule has 2 aromatic carbocycles. The van der Waals surface area contributed by atoms with E-state index in [-0.39, 0.29) is 5.91 Å². The number of benzene rings is 2. The van der Waals surface area contributed by atoms with E-state index < -0.39 is 0 Å². The van der Waals surface area contributed by atoms with E-state index in [1.165, 1.54) is 27.8 Å². The third-order valence-electron chi connectivity index (χ3n) is 4.29. The van der Waals surface area contributed by atoms with Crippen molar-refractivity contribution in [2.24, 2.45) is 7.05 Å². The molecule has 3 aromatic rings. The quantitative estimate of drug-likeness (QED) is 0.543. The third-order valence-corrected chi connectivity index (χ3v) is 6.32. The highest BCUT2D eigenvalue weighted by molar-refractivity contribution is 7.99. The van der Waals surface area contributed by atoms with E-state index in [2.05, 4.69) is 53.6 Å². The SMILES string of the molecule is CCc1ccc(NC(=O)CSc2nnc(CSc3ccc(C)cc3)n2C)cc1. The van der Waals surface area contributed by atoms with Crippen molar-refractivity contribution in [3.8, 4) is 0 Å². The Labute approximate surface area is 174 Å². The maximum Gasteiger partial charge on any atom is 0.234 e. The molecule has 1 aromatic heterocycles. The Hall–Kier alpha value is -2.25. The van der Waals surface area contributed by atoms with Crippen LogP contribution >= 0.6 is 23.5 Å². The molecule has 0 spiro atoms. The van der Waals surface area contributed by atoms with Crippen molar-refractivity contribution >= 4 is 35.1 Å². The molecule has 0 bridgehead atoms. The van der Waals surface area contributed by atoms with Crippen molar-refractivity contribution in [1.29, 1.82) is 0 Å². The smallest absolute Gasteiger partial charge is 0.234 e. The summed E-state index contributed by atoms with van der Waals surface area (Å²) in [5, 5.41) is 12.2. The summed E-state index contributed by atoms with van der Waals surface area (Å²) < 4.78 is 1.95. The van der Waals surface area contributed by atoms with Gasteiger partial charge >= 0.3 is 0 Å². The van der Waals surface area contributed by atoms with Gasteiger partial charge in [0.05, 0.1) is 11.5 Å². The maximum absolute atomic E-state index is 12.2. The molecule has 0 radical (unpaired) electrons. The summed E-state index contributed by atoms with van der Waals surface area (Å²) in [7, 11) is 1.94. The van der Waals surface area contributed by atoms with E-state index in [1.807, 2.05) is 35.9 Å². The molecule has 5 nitrogen and oxygen atoms in total. The highest BCUT2D eigenvalue weighted by Gasteiger charge is 2.12. The first-order valence-electron chi connectivity index (χ1n) is 9.14. The van der Waals surface area contributed by atoms with Crippen LogP contribution < -0.4 is 5.32 Å². The van der Waals surface area contributed by atoms with Crippen LogP contribution in [0, 0.1) is 6.92 Å². The van der Waals surface area contributed by atoms with E-state index in [0.29, 0.717) is 5.75 Å². The largest absolute Gasteiger partial charge is 0.325 e. The number of rotatable bonds is 8. The van der Waals surface area contributed by atoms with Crippen molar-refractivity contribution in [2.75, 3.05) is 11.1 Å². The van der Waals surface area contributed by atoms with E-state index in [4.69, 9.17) is 0 Å². The Morgan fingerprint density at radius 1 is 1.04 bits per heavy atom. The maximum atomic E-state index is 12.2. The fraction of sp³-hybridized carbons (Fsp3) is 0.286. The second-order valence-electron chi connectivity index (χ2n) is 6.45. The molecular weight excluding hydrogens is 388 g/mol. The van der Waals surface area contributed by atoms with Crippen LogP contribution in [0.15, 0.2) is 58.6 Å². The lowest BCUT2D eigenvalue weighted by Gasteiger charge is -2.06. The number of thioether (sulfide) groups is 2. The lowest BCUT2D eigenvalue weighted by Crippen LogP contribution is -2.14. The number of aryl methyl sites for hydroxylation is 2. The van der Waals surface area contributed by atoms with Crippen LogP contribution in [0.3, 0.4) is 0 Å². The number of aromatic nitrogens is 3. The number of anilines is 1. The van der Waals surface area contributed by atoms with Crippen LogP contribution in [0.4, 0.5) is 5.69 Å². The van der Waals surface area contributed by atoms with Crippen LogP contribution in [-0.2, 0) is 24.0 Å². The van der Waals surface area contributed by atoms with Gasteiger partial charge in [-0.25, -0.2) is 0 Å². The van der Waals surface area contributed by atoms with Crippen LogP contribution in [-0.4, -0.2) is 26.4 Å². The molecule has 0 unspecified atom stereocenters. The first kappa shape index (κ1) is 20.5. The second kappa shape index (κ2) is 9.80. The summed E-state index contributed by atoms with van der Waals surface area (Å²) in [6.07, 6.45) is 0.987. The van der Waals surface area contributed by atoms with Crippen molar-refractivity contribution in [3.63, 3.8) is 0 Å². The molecule has 0 fully saturated rings. The normalized spacial score (nSPS) is 10.8. The zero-order valence-electron chi connectivity index (χ0n) is 16.3. The molecule has 0 aliphatic rings. The third kappa shape index (κ3) is 5.62. The lowest BCUT2D eigenvalue weighted by molar-refractivity contribution is -0.113. The van der Waals surface area contributed by atoms with Crippen LogP contribution in [0.2, 0.25) is 0 Å². The van der Waals surface area contributed by atoms with Crippen LogP contribution in [0.25, 0.3) is 0 Å². The van der Waals surface area contributed by atoms with Gasteiger partial charge in [0, 0.05) is 17.6 Å². The van der Waals surface area contributed by atoms with Gasteiger partial charge in [0.2, 0.25) is 5.91 Å². The minimum Gasteiger partial charge on any atom is -0.325 e. The van der Waals surface area contributed by atoms with Crippen molar-refractivity contribution in [2.45, 2.75) is 36.1 Å². The summed E-state index contributed by atoms with van der Waals surface area (Å²) in [6, 6.07) is 16.4. The second-order valence-corrected chi connectivity index (χ2v) is 8.44. The van der Waals surface area contributed by atoms with Gasteiger partial charge in [0.15, 0.2) is 5.16 Å². The Morgan fingerprint density at radius 2 is 1.75 bits per heavy atom. The van der Waals surface area contributed by atoms with Gasteiger partial charge in [0.1, 0.15) is 5.82 Å². The summed E-state index contributed by atoms with van der Waals surface area (Å²) in [5.74, 6) is 1.88. The molecule has 0 saturated carbocycles. The number of amides is 1. The molecule has 1 heterocycles. The van der Waals surface area contributed by atoms with Crippen molar-refractivity contribution in [1.82, 2.24) is 14.8 Å². The fourth-order valence-electron chi connectivity index (χ4n) is 2.53. The zero-order valence-corrected chi connectivity index (χ0v) is 17.9. The summed E-state index contributed by atoms with van der Waals surface area (Å²) in [6.45, 7) is 4.19. The minimum absolute atomic E-state index is 0.0483. The highest BCUT2D eigenvalue weighted by atomic mass is 32.2. The molecule has 1 amide bonds.